The van der Waals surface area contributed by atoms with Crippen molar-refractivity contribution < 1.29 is 1.37 Å². The van der Waals surface area contributed by atoms with Crippen LogP contribution in [0.5, 0.6) is 0 Å². The van der Waals surface area contributed by atoms with Gasteiger partial charge in [0.25, 0.3) is 0 Å². The Hall–Kier alpha value is -1.80. The molecule has 4 rings (SSSR count). The van der Waals surface area contributed by atoms with Gasteiger partial charge in [0.15, 0.2) is 0 Å². The second-order valence-electron chi connectivity index (χ2n) is 7.05. The van der Waals surface area contributed by atoms with E-state index >= 15 is 0 Å². The third-order valence-electron chi connectivity index (χ3n) is 5.42. The minimum Gasteiger partial charge on any atom is -0.354 e. The summed E-state index contributed by atoms with van der Waals surface area (Å²) in [5.41, 5.74) is 5.07. The number of fused-ring (bicyclic) bond motifs is 3. The van der Waals surface area contributed by atoms with Crippen LogP contribution >= 0.6 is 0 Å². The number of rotatable bonds is 1. The molecule has 0 radical (unpaired) electrons. The van der Waals surface area contributed by atoms with Crippen LogP contribution in [0.25, 0.3) is 0 Å². The molecule has 0 aliphatic carbocycles. The molecule has 0 N–H and O–H groups in total. The molecule has 2 aromatic rings. The first-order valence-electron chi connectivity index (χ1n) is 8.66. The quantitative estimate of drug-likeness (QED) is 0.766. The third kappa shape index (κ3) is 1.70. The van der Waals surface area contributed by atoms with E-state index in [4.69, 9.17) is 1.37 Å². The maximum absolute atomic E-state index is 8.96. The van der Waals surface area contributed by atoms with E-state index in [1.165, 1.54) is 22.4 Å². The average Bonchev–Trinajstić information content (AvgIpc) is 2.93. The summed E-state index contributed by atoms with van der Waals surface area (Å²) in [6.45, 7) is 8.54. The molecular formula is C20H24N2. The second kappa shape index (κ2) is 4.60. The minimum atomic E-state index is -0.363. The van der Waals surface area contributed by atoms with Gasteiger partial charge in [-0.1, -0.05) is 42.5 Å². The lowest BCUT2D eigenvalue weighted by molar-refractivity contribution is 0.132. The maximum atomic E-state index is 8.96. The molecule has 3 atom stereocenters. The van der Waals surface area contributed by atoms with E-state index in [9.17, 15) is 0 Å². The van der Waals surface area contributed by atoms with E-state index in [0.29, 0.717) is 0 Å². The first-order valence-corrected chi connectivity index (χ1v) is 8.08. The van der Waals surface area contributed by atoms with Crippen molar-refractivity contribution in [3.05, 3.63) is 65.2 Å². The molecule has 1 saturated heterocycles. The van der Waals surface area contributed by atoms with Crippen LogP contribution in [0.1, 0.15) is 44.9 Å². The van der Waals surface area contributed by atoms with Crippen molar-refractivity contribution in [3.8, 4) is 0 Å². The molecule has 114 valence electrons. The number of benzene rings is 2. The van der Waals surface area contributed by atoms with Crippen molar-refractivity contribution >= 4 is 5.69 Å². The van der Waals surface area contributed by atoms with E-state index < -0.39 is 0 Å². The maximum Gasteiger partial charge on any atom is 0.0724 e. The Morgan fingerprint density at radius 3 is 2.55 bits per heavy atom. The summed E-state index contributed by atoms with van der Waals surface area (Å²) < 4.78 is 8.96. The normalized spacial score (nSPS) is 30.1. The molecule has 2 aliphatic rings. The number of hydrogen-bond acceptors (Lipinski definition) is 2. The number of hydrogen-bond donors (Lipinski definition) is 0. The van der Waals surface area contributed by atoms with Crippen LogP contribution in [-0.4, -0.2) is 17.6 Å². The number of anilines is 1. The average molecular weight is 293 g/mol. The number of para-hydroxylation sites is 1. The van der Waals surface area contributed by atoms with E-state index in [1.54, 1.807) is 0 Å². The van der Waals surface area contributed by atoms with Gasteiger partial charge in [-0.2, -0.15) is 0 Å². The van der Waals surface area contributed by atoms with Crippen molar-refractivity contribution in [3.63, 3.8) is 0 Å². The van der Waals surface area contributed by atoms with Gasteiger partial charge in [-0.05, 0) is 50.5 Å². The van der Waals surface area contributed by atoms with Crippen molar-refractivity contribution in [1.29, 1.82) is 0 Å². The number of aryl methyl sites for hydroxylation is 1. The Morgan fingerprint density at radius 1 is 1.09 bits per heavy atom. The summed E-state index contributed by atoms with van der Waals surface area (Å²) in [6, 6.07) is 17.7. The van der Waals surface area contributed by atoms with Gasteiger partial charge < -0.3 is 4.90 Å². The summed E-state index contributed by atoms with van der Waals surface area (Å²) in [5.74, 6) is 0. The fraction of sp³-hybridized carbons (Fsp3) is 0.400. The lowest BCUT2D eigenvalue weighted by Gasteiger charge is -2.32. The molecule has 0 bridgehead atoms. The van der Waals surface area contributed by atoms with E-state index in [-0.39, 0.29) is 24.3 Å². The van der Waals surface area contributed by atoms with Crippen LogP contribution in [-0.2, 0) is 5.54 Å². The Labute approximate surface area is 134 Å². The summed E-state index contributed by atoms with van der Waals surface area (Å²) in [5, 5.41) is 0. The smallest absolute Gasteiger partial charge is 0.0724 e. The molecule has 2 unspecified atom stereocenters. The van der Waals surface area contributed by atoms with Crippen molar-refractivity contribution in [2.75, 3.05) is 11.5 Å². The molecule has 0 aromatic heterocycles. The molecule has 1 fully saturated rings. The zero-order valence-electron chi connectivity index (χ0n) is 14.7. The lowest BCUT2D eigenvalue weighted by atomic mass is 9.92. The van der Waals surface area contributed by atoms with Crippen LogP contribution < -0.4 is 4.90 Å². The molecule has 0 amide bonds. The summed E-state index contributed by atoms with van der Waals surface area (Å²) in [4.78, 5) is 4.65. The van der Waals surface area contributed by atoms with E-state index in [1.807, 2.05) is 0 Å². The van der Waals surface area contributed by atoms with Gasteiger partial charge in [-0.3, -0.25) is 4.90 Å². The van der Waals surface area contributed by atoms with Crippen LogP contribution in [0.4, 0.5) is 5.69 Å². The summed E-state index contributed by atoms with van der Waals surface area (Å²) >= 11 is 0. The highest BCUT2D eigenvalue weighted by Gasteiger charge is 2.51. The Kier molecular flexibility index (Phi) is 2.66. The topological polar surface area (TPSA) is 6.48 Å². The van der Waals surface area contributed by atoms with Crippen LogP contribution in [0.2, 0.25) is 0 Å². The summed E-state index contributed by atoms with van der Waals surface area (Å²) in [7, 11) is 0. The molecule has 22 heavy (non-hydrogen) atoms. The zero-order valence-corrected chi connectivity index (χ0v) is 13.7. The van der Waals surface area contributed by atoms with Gasteiger partial charge in [0, 0.05) is 17.3 Å². The van der Waals surface area contributed by atoms with Gasteiger partial charge in [0.05, 0.1) is 14.1 Å². The minimum absolute atomic E-state index is 0.112. The predicted molar refractivity (Wildman–Crippen MR) is 92.0 cm³/mol. The van der Waals surface area contributed by atoms with Gasteiger partial charge in [0.2, 0.25) is 0 Å². The Bertz CT molecular complexity index is 755. The standard InChI is InChI=1S/C20H24N2/c1-14-9-5-8-12-18(14)21-13-22-19(15(21)2)16-10-6-7-11-17(16)20(22,3)4/h5-12,15,19H,13H2,1-4H3/t15-,19?/m0/s1/i13D/t13?,15-,19?. The zero-order chi connectivity index (χ0) is 16.4. The molecule has 2 nitrogen and oxygen atoms in total. The molecular weight excluding hydrogens is 268 g/mol. The molecule has 2 heterocycles. The van der Waals surface area contributed by atoms with Crippen LogP contribution in [0.15, 0.2) is 48.5 Å². The first kappa shape index (κ1) is 12.7. The van der Waals surface area contributed by atoms with Crippen molar-refractivity contribution in [2.24, 2.45) is 0 Å². The SMILES string of the molecule is [2H]C1N(c2ccccc2C)[C@@H](C)C2c3ccccc3C(C)(C)N21. The summed E-state index contributed by atoms with van der Waals surface area (Å²) in [6.07, 6.45) is 0. The van der Waals surface area contributed by atoms with Crippen LogP contribution in [0, 0.1) is 6.92 Å². The van der Waals surface area contributed by atoms with Crippen LogP contribution in [0.3, 0.4) is 0 Å². The Morgan fingerprint density at radius 2 is 1.77 bits per heavy atom. The fourth-order valence-corrected chi connectivity index (χ4v) is 4.18. The first-order chi connectivity index (χ1) is 10.9. The van der Waals surface area contributed by atoms with Gasteiger partial charge >= 0.3 is 0 Å². The molecule has 0 spiro atoms. The Balaban J connectivity index is 1.85. The highest BCUT2D eigenvalue weighted by Crippen LogP contribution is 2.52. The van der Waals surface area contributed by atoms with Crippen molar-refractivity contribution in [1.82, 2.24) is 4.90 Å². The highest BCUT2D eigenvalue weighted by atomic mass is 15.5. The van der Waals surface area contributed by atoms with Gasteiger partial charge in [0.1, 0.15) is 0 Å². The fourth-order valence-electron chi connectivity index (χ4n) is 4.18. The molecule has 0 saturated carbocycles. The largest absolute Gasteiger partial charge is 0.354 e. The monoisotopic (exact) mass is 293 g/mol. The predicted octanol–water partition coefficient (Wildman–Crippen LogP) is 4.45. The van der Waals surface area contributed by atoms with Crippen molar-refractivity contribution in [2.45, 2.75) is 45.3 Å². The molecule has 2 heteroatoms. The van der Waals surface area contributed by atoms with Gasteiger partial charge in [-0.15, -0.1) is 0 Å². The molecule has 2 aromatic carbocycles. The lowest BCUT2D eigenvalue weighted by Crippen LogP contribution is -2.37. The number of nitrogens with zero attached hydrogens (tertiary/aromatic N) is 2. The molecule has 2 aliphatic heterocycles. The third-order valence-corrected chi connectivity index (χ3v) is 5.42. The van der Waals surface area contributed by atoms with E-state index in [0.717, 1.165) is 0 Å². The highest BCUT2D eigenvalue weighted by molar-refractivity contribution is 5.57. The van der Waals surface area contributed by atoms with Gasteiger partial charge in [-0.25, -0.2) is 0 Å². The second-order valence-corrected chi connectivity index (χ2v) is 7.05. The van der Waals surface area contributed by atoms with E-state index in [2.05, 4.69) is 86.0 Å².